The summed E-state index contributed by atoms with van der Waals surface area (Å²) in [5.74, 6) is 0.822. The van der Waals surface area contributed by atoms with Crippen molar-refractivity contribution in [2.75, 3.05) is 6.61 Å². The number of fused-ring (bicyclic) bond motifs is 1. The molecule has 1 fully saturated rings. The SMILES string of the molecule is CC[C@H](c1nnnn1C[C@@H]1CCCO1)N(Cc1cccs1)Cc1cc2cccc(C)c2[nH]c1=O. The van der Waals surface area contributed by atoms with E-state index < -0.39 is 0 Å². The molecule has 0 saturated carbocycles. The molecule has 2 atom stereocenters. The molecule has 1 saturated heterocycles. The van der Waals surface area contributed by atoms with E-state index in [1.807, 2.05) is 35.9 Å². The van der Waals surface area contributed by atoms with Crippen molar-refractivity contribution < 1.29 is 4.74 Å². The normalized spacial score (nSPS) is 17.1. The molecule has 34 heavy (non-hydrogen) atoms. The number of aromatic nitrogens is 5. The van der Waals surface area contributed by atoms with Gasteiger partial charge in [-0.05, 0) is 65.1 Å². The van der Waals surface area contributed by atoms with Crippen LogP contribution in [0.1, 0.15) is 54.1 Å². The largest absolute Gasteiger partial charge is 0.376 e. The standard InChI is InChI=1S/C25H30N6O2S/c1-3-22(24-27-28-29-31(24)15-20-9-5-11-33-20)30(16-21-10-6-12-34-21)14-19-13-18-8-4-7-17(2)23(18)26-25(19)32/h4,6-8,10,12-13,20,22H,3,5,9,11,14-16H2,1-2H3,(H,26,32)/t20-,22+/m0/s1. The third kappa shape index (κ3) is 4.82. The molecule has 1 aromatic carbocycles. The Bertz CT molecular complexity index is 1290. The average Bonchev–Trinajstić information content (AvgIpc) is 3.60. The molecule has 4 aromatic rings. The highest BCUT2D eigenvalue weighted by Gasteiger charge is 2.28. The Labute approximate surface area is 202 Å². The summed E-state index contributed by atoms with van der Waals surface area (Å²) in [5.41, 5.74) is 2.66. The Balaban J connectivity index is 1.49. The highest BCUT2D eigenvalue weighted by molar-refractivity contribution is 7.09. The van der Waals surface area contributed by atoms with Gasteiger partial charge >= 0.3 is 0 Å². The van der Waals surface area contributed by atoms with Gasteiger partial charge in [0.25, 0.3) is 5.56 Å². The van der Waals surface area contributed by atoms with E-state index in [9.17, 15) is 4.79 Å². The predicted molar refractivity (Wildman–Crippen MR) is 133 cm³/mol. The van der Waals surface area contributed by atoms with Crippen LogP contribution in [0.3, 0.4) is 0 Å². The maximum absolute atomic E-state index is 13.1. The van der Waals surface area contributed by atoms with Crippen LogP contribution in [-0.2, 0) is 24.4 Å². The molecular formula is C25H30N6O2S. The number of H-pyrrole nitrogens is 1. The first-order chi connectivity index (χ1) is 16.6. The van der Waals surface area contributed by atoms with Gasteiger partial charge in [0.1, 0.15) is 0 Å². The lowest BCUT2D eigenvalue weighted by Gasteiger charge is -2.30. The lowest BCUT2D eigenvalue weighted by Crippen LogP contribution is -2.33. The Morgan fingerprint density at radius 1 is 1.29 bits per heavy atom. The van der Waals surface area contributed by atoms with E-state index in [2.05, 4.69) is 49.8 Å². The van der Waals surface area contributed by atoms with Crippen molar-refractivity contribution in [2.24, 2.45) is 0 Å². The van der Waals surface area contributed by atoms with Crippen molar-refractivity contribution in [2.45, 2.75) is 64.9 Å². The van der Waals surface area contributed by atoms with Gasteiger partial charge in [-0.1, -0.05) is 31.2 Å². The third-order valence-electron chi connectivity index (χ3n) is 6.56. The molecule has 0 amide bonds. The minimum Gasteiger partial charge on any atom is -0.376 e. The first-order valence-electron chi connectivity index (χ1n) is 11.9. The van der Waals surface area contributed by atoms with Gasteiger partial charge in [0.05, 0.1) is 24.2 Å². The Hall–Kier alpha value is -2.88. The number of ether oxygens (including phenoxy) is 1. The fourth-order valence-electron chi connectivity index (χ4n) is 4.81. The van der Waals surface area contributed by atoms with E-state index in [4.69, 9.17) is 4.74 Å². The van der Waals surface area contributed by atoms with Crippen LogP contribution in [-0.4, -0.2) is 42.8 Å². The summed E-state index contributed by atoms with van der Waals surface area (Å²) in [6, 6.07) is 12.3. The molecular weight excluding hydrogens is 448 g/mol. The molecule has 0 spiro atoms. The van der Waals surface area contributed by atoms with Crippen LogP contribution in [0.4, 0.5) is 0 Å². The number of rotatable bonds is 9. The molecule has 1 aliphatic rings. The molecule has 0 bridgehead atoms. The number of benzene rings is 1. The highest BCUT2D eigenvalue weighted by atomic mass is 32.1. The number of tetrazole rings is 1. The second-order valence-electron chi connectivity index (χ2n) is 8.93. The van der Waals surface area contributed by atoms with Gasteiger partial charge in [-0.25, -0.2) is 4.68 Å². The van der Waals surface area contributed by atoms with Crippen molar-refractivity contribution in [1.82, 2.24) is 30.1 Å². The van der Waals surface area contributed by atoms with E-state index in [1.165, 1.54) is 4.88 Å². The van der Waals surface area contributed by atoms with Crippen molar-refractivity contribution >= 4 is 22.2 Å². The fourth-order valence-corrected chi connectivity index (χ4v) is 5.54. The number of nitrogens with one attached hydrogen (secondary N) is 1. The molecule has 5 rings (SSSR count). The quantitative estimate of drug-likeness (QED) is 0.388. The molecule has 0 unspecified atom stereocenters. The number of aromatic amines is 1. The zero-order chi connectivity index (χ0) is 23.5. The van der Waals surface area contributed by atoms with Crippen LogP contribution < -0.4 is 5.56 Å². The Morgan fingerprint density at radius 3 is 2.97 bits per heavy atom. The second kappa shape index (κ2) is 10.2. The smallest absolute Gasteiger partial charge is 0.252 e. The molecule has 4 heterocycles. The topological polar surface area (TPSA) is 88.9 Å². The van der Waals surface area contributed by atoms with Crippen LogP contribution in [0, 0.1) is 6.92 Å². The summed E-state index contributed by atoms with van der Waals surface area (Å²) in [6.45, 7) is 6.83. The summed E-state index contributed by atoms with van der Waals surface area (Å²) in [7, 11) is 0. The van der Waals surface area contributed by atoms with Gasteiger partial charge in [0, 0.05) is 30.1 Å². The number of hydrogen-bond acceptors (Lipinski definition) is 7. The van der Waals surface area contributed by atoms with E-state index in [0.717, 1.165) is 53.7 Å². The van der Waals surface area contributed by atoms with Crippen LogP contribution in [0.25, 0.3) is 10.9 Å². The molecule has 9 heteroatoms. The first kappa shape index (κ1) is 22.9. The summed E-state index contributed by atoms with van der Waals surface area (Å²) >= 11 is 1.72. The number of aryl methyl sites for hydroxylation is 1. The van der Waals surface area contributed by atoms with E-state index in [-0.39, 0.29) is 17.7 Å². The molecule has 8 nitrogen and oxygen atoms in total. The minimum atomic E-state index is -0.0493. The average molecular weight is 479 g/mol. The number of thiophene rings is 1. The van der Waals surface area contributed by atoms with Gasteiger partial charge in [-0.2, -0.15) is 0 Å². The molecule has 1 N–H and O–H groups in total. The van der Waals surface area contributed by atoms with Crippen LogP contribution in [0.15, 0.2) is 46.6 Å². The summed E-state index contributed by atoms with van der Waals surface area (Å²) < 4.78 is 7.72. The summed E-state index contributed by atoms with van der Waals surface area (Å²) in [6.07, 6.45) is 3.08. The van der Waals surface area contributed by atoms with Crippen molar-refractivity contribution in [3.8, 4) is 0 Å². The number of para-hydroxylation sites is 1. The van der Waals surface area contributed by atoms with Crippen molar-refractivity contribution in [3.05, 3.63) is 74.0 Å². The maximum atomic E-state index is 13.1. The van der Waals surface area contributed by atoms with E-state index in [1.54, 1.807) is 11.3 Å². The zero-order valence-corrected chi connectivity index (χ0v) is 20.4. The zero-order valence-electron chi connectivity index (χ0n) is 19.6. The van der Waals surface area contributed by atoms with E-state index in [0.29, 0.717) is 19.6 Å². The predicted octanol–water partition coefficient (Wildman–Crippen LogP) is 4.22. The highest BCUT2D eigenvalue weighted by Crippen LogP contribution is 2.28. The van der Waals surface area contributed by atoms with Crippen molar-refractivity contribution in [1.29, 1.82) is 0 Å². The van der Waals surface area contributed by atoms with Gasteiger partial charge < -0.3 is 9.72 Å². The maximum Gasteiger partial charge on any atom is 0.252 e. The van der Waals surface area contributed by atoms with Gasteiger partial charge in [-0.15, -0.1) is 16.4 Å². The monoisotopic (exact) mass is 478 g/mol. The van der Waals surface area contributed by atoms with Crippen LogP contribution in [0.5, 0.6) is 0 Å². The Morgan fingerprint density at radius 2 is 2.21 bits per heavy atom. The summed E-state index contributed by atoms with van der Waals surface area (Å²) in [4.78, 5) is 19.7. The Kier molecular flexibility index (Phi) is 6.85. The molecule has 3 aromatic heterocycles. The van der Waals surface area contributed by atoms with Crippen LogP contribution in [0.2, 0.25) is 0 Å². The molecule has 1 aliphatic heterocycles. The van der Waals surface area contributed by atoms with Gasteiger partial charge in [0.2, 0.25) is 0 Å². The first-order valence-corrected chi connectivity index (χ1v) is 12.8. The van der Waals surface area contributed by atoms with Gasteiger partial charge in [-0.3, -0.25) is 9.69 Å². The number of pyridine rings is 1. The molecule has 178 valence electrons. The van der Waals surface area contributed by atoms with Gasteiger partial charge in [0.15, 0.2) is 5.82 Å². The number of hydrogen-bond donors (Lipinski definition) is 1. The molecule has 0 aliphatic carbocycles. The lowest BCUT2D eigenvalue weighted by atomic mass is 10.1. The second-order valence-corrected chi connectivity index (χ2v) is 9.96. The number of nitrogens with zero attached hydrogens (tertiary/aromatic N) is 5. The molecule has 0 radical (unpaired) electrons. The van der Waals surface area contributed by atoms with E-state index >= 15 is 0 Å². The van der Waals surface area contributed by atoms with Crippen LogP contribution >= 0.6 is 11.3 Å². The lowest BCUT2D eigenvalue weighted by molar-refractivity contribution is 0.0889. The fraction of sp³-hybridized carbons (Fsp3) is 0.440. The third-order valence-corrected chi connectivity index (χ3v) is 7.42. The minimum absolute atomic E-state index is 0.0360. The summed E-state index contributed by atoms with van der Waals surface area (Å²) in [5, 5.41) is 15.8. The van der Waals surface area contributed by atoms with Crippen molar-refractivity contribution in [3.63, 3.8) is 0 Å².